The highest BCUT2D eigenvalue weighted by Crippen LogP contribution is 2.27. The maximum absolute atomic E-state index is 13.7. The number of ether oxygens (including phenoxy) is 1. The molecule has 3 rings (SSSR count). The number of hydrogen-bond donors (Lipinski definition) is 1. The molecule has 2 aromatic rings. The van der Waals surface area contributed by atoms with Crippen LogP contribution in [0.5, 0.6) is 0 Å². The summed E-state index contributed by atoms with van der Waals surface area (Å²) < 4.78 is 32.0. The number of anilines is 2. The van der Waals surface area contributed by atoms with Gasteiger partial charge in [-0.3, -0.25) is 4.79 Å². The molecule has 1 fully saturated rings. The Labute approximate surface area is 155 Å². The maximum atomic E-state index is 13.7. The summed E-state index contributed by atoms with van der Waals surface area (Å²) in [6.07, 6.45) is 0. The Hall–Kier alpha value is -2.12. The van der Waals surface area contributed by atoms with Crippen LogP contribution in [-0.4, -0.2) is 37.5 Å². The Kier molecular flexibility index (Phi) is 6.11. The lowest BCUT2D eigenvalue weighted by atomic mass is 10.2. The van der Waals surface area contributed by atoms with Gasteiger partial charge in [0.05, 0.1) is 18.5 Å². The Balaban J connectivity index is 1.58. The highest BCUT2D eigenvalue weighted by molar-refractivity contribution is 8.00. The van der Waals surface area contributed by atoms with E-state index < -0.39 is 16.9 Å². The first kappa shape index (κ1) is 18.7. The Morgan fingerprint density at radius 2 is 1.85 bits per heavy atom. The number of amides is 1. The van der Waals surface area contributed by atoms with Crippen molar-refractivity contribution in [1.82, 2.24) is 0 Å². The van der Waals surface area contributed by atoms with Crippen LogP contribution in [-0.2, 0) is 9.53 Å². The number of thioether (sulfide) groups is 1. The molecule has 0 aliphatic carbocycles. The number of carbonyl (C=O) groups is 1. The predicted octanol–water partition coefficient (Wildman–Crippen LogP) is 3.92. The van der Waals surface area contributed by atoms with Gasteiger partial charge in [-0.05, 0) is 43.3 Å². The summed E-state index contributed by atoms with van der Waals surface area (Å²) in [5, 5.41) is 2.30. The average Bonchev–Trinajstić information content (AvgIpc) is 2.65. The number of nitrogens with one attached hydrogen (secondary N) is 1. The normalized spacial score (nSPS) is 15.6. The third-order valence-electron chi connectivity index (χ3n) is 4.08. The van der Waals surface area contributed by atoms with E-state index in [0.29, 0.717) is 18.9 Å². The second-order valence-electron chi connectivity index (χ2n) is 5.97. The lowest BCUT2D eigenvalue weighted by Gasteiger charge is -2.28. The molecule has 1 saturated heterocycles. The summed E-state index contributed by atoms with van der Waals surface area (Å²) in [5.41, 5.74) is 1.76. The first-order chi connectivity index (χ1) is 12.5. The lowest BCUT2D eigenvalue weighted by molar-refractivity contribution is -0.115. The topological polar surface area (TPSA) is 41.6 Å². The molecule has 1 N–H and O–H groups in total. The summed E-state index contributed by atoms with van der Waals surface area (Å²) >= 11 is 1.06. The van der Waals surface area contributed by atoms with E-state index in [2.05, 4.69) is 10.2 Å². The van der Waals surface area contributed by atoms with Gasteiger partial charge < -0.3 is 15.0 Å². The van der Waals surface area contributed by atoms with Crippen LogP contribution in [0.2, 0.25) is 0 Å². The van der Waals surface area contributed by atoms with Crippen LogP contribution in [0.1, 0.15) is 6.92 Å². The second kappa shape index (κ2) is 8.51. The smallest absolute Gasteiger partial charge is 0.237 e. The first-order valence-corrected chi connectivity index (χ1v) is 9.26. The van der Waals surface area contributed by atoms with Gasteiger partial charge in [-0.25, -0.2) is 8.78 Å². The summed E-state index contributed by atoms with van der Waals surface area (Å²) in [5.74, 6) is -1.54. The largest absolute Gasteiger partial charge is 0.378 e. The Bertz CT molecular complexity index is 765. The molecule has 1 aliphatic rings. The van der Waals surface area contributed by atoms with Crippen molar-refractivity contribution in [2.24, 2.45) is 0 Å². The third kappa shape index (κ3) is 4.74. The van der Waals surface area contributed by atoms with Crippen molar-refractivity contribution in [3.63, 3.8) is 0 Å². The monoisotopic (exact) mass is 378 g/mol. The molecule has 0 saturated carbocycles. The predicted molar refractivity (Wildman–Crippen MR) is 99.8 cm³/mol. The molecule has 0 unspecified atom stereocenters. The SMILES string of the molecule is C[C@@H](Sc1ccc(F)cc1F)C(=O)Nc1ccc(N2CCOCC2)cc1. The van der Waals surface area contributed by atoms with Gasteiger partial charge in [-0.15, -0.1) is 11.8 Å². The number of hydrogen-bond acceptors (Lipinski definition) is 4. The molecule has 0 radical (unpaired) electrons. The third-order valence-corrected chi connectivity index (χ3v) is 5.23. The van der Waals surface area contributed by atoms with E-state index in [1.807, 2.05) is 24.3 Å². The number of benzene rings is 2. The molecular formula is C19H20F2N2O2S. The Morgan fingerprint density at radius 1 is 1.15 bits per heavy atom. The molecule has 138 valence electrons. The van der Waals surface area contributed by atoms with Crippen LogP contribution in [0, 0.1) is 11.6 Å². The van der Waals surface area contributed by atoms with E-state index in [0.717, 1.165) is 36.6 Å². The molecule has 1 heterocycles. The van der Waals surface area contributed by atoms with Gasteiger partial charge in [-0.1, -0.05) is 0 Å². The fraction of sp³-hybridized carbons (Fsp3) is 0.316. The molecule has 1 amide bonds. The van der Waals surface area contributed by atoms with Gasteiger partial charge in [0.1, 0.15) is 11.6 Å². The number of rotatable bonds is 5. The zero-order chi connectivity index (χ0) is 18.5. The average molecular weight is 378 g/mol. The van der Waals surface area contributed by atoms with E-state index in [1.165, 1.54) is 12.1 Å². The van der Waals surface area contributed by atoms with Crippen LogP contribution in [0.4, 0.5) is 20.2 Å². The van der Waals surface area contributed by atoms with Crippen LogP contribution in [0.15, 0.2) is 47.4 Å². The number of carbonyl (C=O) groups excluding carboxylic acids is 1. The minimum Gasteiger partial charge on any atom is -0.378 e. The van der Waals surface area contributed by atoms with Crippen molar-refractivity contribution >= 4 is 29.0 Å². The summed E-state index contributed by atoms with van der Waals surface area (Å²) in [7, 11) is 0. The van der Waals surface area contributed by atoms with E-state index in [9.17, 15) is 13.6 Å². The standard InChI is InChI=1S/C19H20F2N2O2S/c1-13(26-18-7-2-14(20)12-17(18)21)19(24)22-15-3-5-16(6-4-15)23-8-10-25-11-9-23/h2-7,12-13H,8-11H2,1H3,(H,22,24)/t13-/m1/s1. The van der Waals surface area contributed by atoms with Crippen molar-refractivity contribution in [2.45, 2.75) is 17.1 Å². The highest BCUT2D eigenvalue weighted by Gasteiger charge is 2.17. The molecule has 26 heavy (non-hydrogen) atoms. The number of nitrogens with zero attached hydrogens (tertiary/aromatic N) is 1. The van der Waals surface area contributed by atoms with Crippen LogP contribution < -0.4 is 10.2 Å². The van der Waals surface area contributed by atoms with Gasteiger partial charge in [0, 0.05) is 35.4 Å². The molecule has 4 nitrogen and oxygen atoms in total. The van der Waals surface area contributed by atoms with Gasteiger partial charge in [0.2, 0.25) is 5.91 Å². The second-order valence-corrected chi connectivity index (χ2v) is 7.35. The molecule has 7 heteroatoms. The number of halogens is 2. The van der Waals surface area contributed by atoms with Crippen LogP contribution in [0.25, 0.3) is 0 Å². The van der Waals surface area contributed by atoms with Crippen molar-refractivity contribution in [3.05, 3.63) is 54.1 Å². The minimum absolute atomic E-state index is 0.238. The number of morpholine rings is 1. The zero-order valence-electron chi connectivity index (χ0n) is 14.4. The molecule has 0 aromatic heterocycles. The molecule has 2 aromatic carbocycles. The van der Waals surface area contributed by atoms with Crippen LogP contribution >= 0.6 is 11.8 Å². The van der Waals surface area contributed by atoms with Gasteiger partial charge in [0.15, 0.2) is 0 Å². The molecule has 1 aliphatic heterocycles. The Morgan fingerprint density at radius 3 is 2.50 bits per heavy atom. The highest BCUT2D eigenvalue weighted by atomic mass is 32.2. The minimum atomic E-state index is -0.662. The molecule has 0 spiro atoms. The van der Waals surface area contributed by atoms with E-state index in [1.54, 1.807) is 6.92 Å². The summed E-state index contributed by atoms with van der Waals surface area (Å²) in [4.78, 5) is 14.8. The van der Waals surface area contributed by atoms with Crippen molar-refractivity contribution in [2.75, 3.05) is 36.5 Å². The molecule has 0 bridgehead atoms. The van der Waals surface area contributed by atoms with Crippen LogP contribution in [0.3, 0.4) is 0 Å². The van der Waals surface area contributed by atoms with Gasteiger partial charge >= 0.3 is 0 Å². The lowest BCUT2D eigenvalue weighted by Crippen LogP contribution is -2.36. The fourth-order valence-corrected chi connectivity index (χ4v) is 3.50. The van der Waals surface area contributed by atoms with Gasteiger partial charge in [0.25, 0.3) is 0 Å². The zero-order valence-corrected chi connectivity index (χ0v) is 15.2. The van der Waals surface area contributed by atoms with E-state index in [4.69, 9.17) is 4.74 Å². The van der Waals surface area contributed by atoms with E-state index >= 15 is 0 Å². The van der Waals surface area contributed by atoms with Crippen molar-refractivity contribution < 1.29 is 18.3 Å². The van der Waals surface area contributed by atoms with Gasteiger partial charge in [-0.2, -0.15) is 0 Å². The van der Waals surface area contributed by atoms with Crippen molar-refractivity contribution in [1.29, 1.82) is 0 Å². The van der Waals surface area contributed by atoms with E-state index in [-0.39, 0.29) is 10.8 Å². The van der Waals surface area contributed by atoms with Crippen molar-refractivity contribution in [3.8, 4) is 0 Å². The molecule has 1 atom stereocenters. The molecular weight excluding hydrogens is 358 g/mol. The summed E-state index contributed by atoms with van der Waals surface area (Å²) in [6, 6.07) is 10.9. The first-order valence-electron chi connectivity index (χ1n) is 8.38. The quantitative estimate of drug-likeness (QED) is 0.801. The fourth-order valence-electron chi connectivity index (χ4n) is 2.64. The maximum Gasteiger partial charge on any atom is 0.237 e. The summed E-state index contributed by atoms with van der Waals surface area (Å²) in [6.45, 7) is 4.82.